The Morgan fingerprint density at radius 1 is 1.28 bits per heavy atom. The van der Waals surface area contributed by atoms with E-state index < -0.39 is 39.7 Å². The molecular formula is C18H27FN2O3S. The Labute approximate surface area is 152 Å². The molecular weight excluding hydrogens is 343 g/mol. The zero-order valence-corrected chi connectivity index (χ0v) is 16.7. The second-order valence-corrected chi connectivity index (χ2v) is 9.62. The minimum absolute atomic E-state index is 0.332. The molecule has 0 bridgehead atoms. The van der Waals surface area contributed by atoms with E-state index in [9.17, 15) is 13.7 Å². The number of rotatable bonds is 4. The first-order chi connectivity index (χ1) is 11.3. The number of nitrogens with one attached hydrogen (secondary N) is 1. The maximum absolute atomic E-state index is 13.6. The largest absolute Gasteiger partial charge is 0.591 e. The lowest BCUT2D eigenvalue weighted by Crippen LogP contribution is -2.42. The van der Waals surface area contributed by atoms with Crippen LogP contribution in [-0.2, 0) is 16.1 Å². The van der Waals surface area contributed by atoms with Crippen LogP contribution in [0.3, 0.4) is 0 Å². The van der Waals surface area contributed by atoms with Crippen LogP contribution >= 0.6 is 0 Å². The number of alkyl carbamates (subject to hydrolysis) is 1. The van der Waals surface area contributed by atoms with Gasteiger partial charge >= 0.3 is 6.09 Å². The van der Waals surface area contributed by atoms with E-state index in [4.69, 9.17) is 4.74 Å². The van der Waals surface area contributed by atoms with Crippen molar-refractivity contribution in [2.24, 2.45) is 4.40 Å². The molecule has 0 spiro atoms. The lowest BCUT2D eigenvalue weighted by molar-refractivity contribution is 0.0521. The summed E-state index contributed by atoms with van der Waals surface area (Å²) >= 11 is -1.56. The van der Waals surface area contributed by atoms with Gasteiger partial charge in [-0.1, -0.05) is 16.5 Å². The van der Waals surface area contributed by atoms with E-state index in [0.717, 1.165) is 0 Å². The second kappa shape index (κ2) is 8.19. The summed E-state index contributed by atoms with van der Waals surface area (Å²) in [5.41, 5.74) is 0.147. The third-order valence-corrected chi connectivity index (χ3v) is 4.38. The molecule has 0 fully saturated rings. The van der Waals surface area contributed by atoms with Crippen LogP contribution in [-0.4, -0.2) is 32.7 Å². The van der Waals surface area contributed by atoms with Gasteiger partial charge in [0.05, 0.1) is 6.04 Å². The normalized spacial score (nSPS) is 15.5. The number of carbonyl (C=O) groups excluding carboxylic acids is 1. The molecule has 0 aliphatic heterocycles. The number of hydrogen-bond acceptors (Lipinski definition) is 4. The van der Waals surface area contributed by atoms with Crippen LogP contribution in [0.2, 0.25) is 0 Å². The Hall–Kier alpha value is -1.60. The van der Waals surface area contributed by atoms with Gasteiger partial charge in [-0.25, -0.2) is 9.18 Å². The van der Waals surface area contributed by atoms with Crippen LogP contribution in [0.4, 0.5) is 9.18 Å². The summed E-state index contributed by atoms with van der Waals surface area (Å²) in [5.74, 6) is -0.434. The van der Waals surface area contributed by atoms with Crippen molar-refractivity contribution in [2.75, 3.05) is 0 Å². The van der Waals surface area contributed by atoms with Crippen molar-refractivity contribution in [3.8, 4) is 0 Å². The Bertz CT molecular complexity index is 636. The zero-order valence-electron chi connectivity index (χ0n) is 15.8. The highest BCUT2D eigenvalue weighted by Gasteiger charge is 2.30. The van der Waals surface area contributed by atoms with Crippen molar-refractivity contribution >= 4 is 23.2 Å². The van der Waals surface area contributed by atoms with E-state index in [1.165, 1.54) is 12.1 Å². The fraction of sp³-hybridized carbons (Fsp3) is 0.556. The number of halogens is 1. The number of ether oxygens (including phenoxy) is 1. The van der Waals surface area contributed by atoms with Gasteiger partial charge in [0.25, 0.3) is 0 Å². The van der Waals surface area contributed by atoms with Gasteiger partial charge in [0.2, 0.25) is 0 Å². The average molecular weight is 370 g/mol. The molecule has 0 radical (unpaired) electrons. The molecule has 2 atom stereocenters. The van der Waals surface area contributed by atoms with Crippen molar-refractivity contribution in [2.45, 2.75) is 64.9 Å². The molecule has 7 heteroatoms. The zero-order chi connectivity index (χ0) is 19.4. The van der Waals surface area contributed by atoms with E-state index in [0.29, 0.717) is 11.3 Å². The van der Waals surface area contributed by atoms with E-state index >= 15 is 0 Å². The third-order valence-electron chi connectivity index (χ3n) is 2.97. The molecule has 1 unspecified atom stereocenters. The SMILES string of the molecule is C[C@H](NC(=O)OC(C)(C)C)C(=N[S+]([O-])C(C)(C)C)c1cccc(F)c1. The molecule has 1 rings (SSSR count). The van der Waals surface area contributed by atoms with E-state index in [1.54, 1.807) is 60.6 Å². The number of carbonyl (C=O) groups is 1. The highest BCUT2D eigenvalue weighted by molar-refractivity contribution is 7.91. The summed E-state index contributed by atoms with van der Waals surface area (Å²) < 4.78 is 35.0. The average Bonchev–Trinajstić information content (AvgIpc) is 2.40. The van der Waals surface area contributed by atoms with Gasteiger partial charge in [-0.3, -0.25) is 0 Å². The molecule has 25 heavy (non-hydrogen) atoms. The molecule has 1 aromatic rings. The lowest BCUT2D eigenvalue weighted by Gasteiger charge is -2.24. The third kappa shape index (κ3) is 7.44. The first-order valence-electron chi connectivity index (χ1n) is 8.05. The Morgan fingerprint density at radius 3 is 2.36 bits per heavy atom. The molecule has 0 saturated heterocycles. The molecule has 0 heterocycles. The van der Waals surface area contributed by atoms with Crippen molar-refractivity contribution in [1.82, 2.24) is 5.32 Å². The molecule has 0 aliphatic rings. The number of benzene rings is 1. The van der Waals surface area contributed by atoms with Crippen molar-refractivity contribution in [1.29, 1.82) is 0 Å². The van der Waals surface area contributed by atoms with Crippen LogP contribution in [0.5, 0.6) is 0 Å². The molecule has 1 amide bonds. The van der Waals surface area contributed by atoms with Crippen molar-refractivity contribution in [3.63, 3.8) is 0 Å². The van der Waals surface area contributed by atoms with Gasteiger partial charge in [0, 0.05) is 5.56 Å². The standard InChI is InChI=1S/C18H27FN2O3S/c1-12(20-16(22)24-17(2,3)4)15(21-25(23)18(5,6)7)13-9-8-10-14(19)11-13/h8-12H,1-7H3,(H,20,22)/t12-,25?/m0/s1. The maximum Gasteiger partial charge on any atom is 0.408 e. The summed E-state index contributed by atoms with van der Waals surface area (Å²) in [7, 11) is 0. The molecule has 5 nitrogen and oxygen atoms in total. The van der Waals surface area contributed by atoms with Crippen LogP contribution in [0.15, 0.2) is 28.7 Å². The summed E-state index contributed by atoms with van der Waals surface area (Å²) in [4.78, 5) is 12.0. The molecule has 0 saturated carbocycles. The Morgan fingerprint density at radius 2 is 1.88 bits per heavy atom. The fourth-order valence-electron chi connectivity index (χ4n) is 1.81. The topological polar surface area (TPSA) is 73.8 Å². The van der Waals surface area contributed by atoms with Gasteiger partial charge in [-0.15, -0.1) is 0 Å². The van der Waals surface area contributed by atoms with Crippen molar-refractivity contribution < 1.29 is 18.5 Å². The van der Waals surface area contributed by atoms with E-state index in [2.05, 4.69) is 9.71 Å². The van der Waals surface area contributed by atoms with Gasteiger partial charge in [0.1, 0.15) is 33.2 Å². The molecule has 1 aromatic carbocycles. The van der Waals surface area contributed by atoms with Gasteiger partial charge in [0.15, 0.2) is 0 Å². The fourth-order valence-corrected chi connectivity index (χ4v) is 2.52. The molecule has 140 valence electrons. The Kier molecular flexibility index (Phi) is 7.02. The monoisotopic (exact) mass is 370 g/mol. The van der Waals surface area contributed by atoms with Crippen LogP contribution < -0.4 is 5.32 Å². The Balaban J connectivity index is 3.14. The van der Waals surface area contributed by atoms with Gasteiger partial charge in [-0.05, 0) is 60.6 Å². The number of nitrogens with zero attached hydrogens (tertiary/aromatic N) is 1. The minimum Gasteiger partial charge on any atom is -0.591 e. The highest BCUT2D eigenvalue weighted by atomic mass is 32.2. The second-order valence-electron chi connectivity index (χ2n) is 7.72. The predicted octanol–water partition coefficient (Wildman–Crippen LogP) is 3.99. The molecule has 0 aromatic heterocycles. The van der Waals surface area contributed by atoms with Crippen molar-refractivity contribution in [3.05, 3.63) is 35.6 Å². The van der Waals surface area contributed by atoms with Gasteiger partial charge < -0.3 is 14.6 Å². The highest BCUT2D eigenvalue weighted by Crippen LogP contribution is 2.20. The number of hydrogen-bond donors (Lipinski definition) is 1. The van der Waals surface area contributed by atoms with E-state index in [-0.39, 0.29) is 0 Å². The smallest absolute Gasteiger partial charge is 0.408 e. The predicted molar refractivity (Wildman–Crippen MR) is 99.7 cm³/mol. The first kappa shape index (κ1) is 21.4. The molecule has 0 aliphatic carbocycles. The summed E-state index contributed by atoms with van der Waals surface area (Å²) in [6, 6.07) is 5.21. The summed E-state index contributed by atoms with van der Waals surface area (Å²) in [5, 5.41) is 2.66. The molecule has 1 N–H and O–H groups in total. The lowest BCUT2D eigenvalue weighted by atomic mass is 10.0. The van der Waals surface area contributed by atoms with Crippen LogP contribution in [0.25, 0.3) is 0 Å². The van der Waals surface area contributed by atoms with Crippen LogP contribution in [0, 0.1) is 5.82 Å². The quantitative estimate of drug-likeness (QED) is 0.643. The minimum atomic E-state index is -1.56. The first-order valence-corrected chi connectivity index (χ1v) is 9.16. The number of amides is 1. The van der Waals surface area contributed by atoms with Gasteiger partial charge in [-0.2, -0.15) is 0 Å². The van der Waals surface area contributed by atoms with Crippen LogP contribution in [0.1, 0.15) is 54.0 Å². The summed E-state index contributed by atoms with van der Waals surface area (Å²) in [6.45, 7) is 12.3. The van der Waals surface area contributed by atoms with E-state index in [1.807, 2.05) is 0 Å². The maximum atomic E-state index is 13.6. The summed E-state index contributed by atoms with van der Waals surface area (Å²) in [6.07, 6.45) is -0.620.